The van der Waals surface area contributed by atoms with Crippen molar-refractivity contribution in [3.8, 4) is 22.8 Å². The minimum Gasteiger partial charge on any atom is -0.497 e. The summed E-state index contributed by atoms with van der Waals surface area (Å²) in [6.07, 6.45) is 1.63. The summed E-state index contributed by atoms with van der Waals surface area (Å²) >= 11 is 0. The molecule has 0 radical (unpaired) electrons. The summed E-state index contributed by atoms with van der Waals surface area (Å²) in [6, 6.07) is 15.5. The normalized spacial score (nSPS) is 23.0. The van der Waals surface area contributed by atoms with E-state index in [0.717, 1.165) is 10.9 Å². The second-order valence-corrected chi connectivity index (χ2v) is 10.1. The van der Waals surface area contributed by atoms with Crippen LogP contribution in [0.3, 0.4) is 0 Å². The topological polar surface area (TPSA) is 145 Å². The summed E-state index contributed by atoms with van der Waals surface area (Å²) in [5, 5.41) is 3.59. The van der Waals surface area contributed by atoms with Crippen LogP contribution in [0.2, 0.25) is 0 Å². The van der Waals surface area contributed by atoms with E-state index in [1.165, 1.54) is 4.90 Å². The number of nitrogens with two attached hydrogens (primary N) is 1. The Morgan fingerprint density at radius 2 is 1.98 bits per heavy atom. The zero-order chi connectivity index (χ0) is 29.1. The smallest absolute Gasteiger partial charge is 0.332 e. The summed E-state index contributed by atoms with van der Waals surface area (Å²) in [5.41, 5.74) is 3.19. The van der Waals surface area contributed by atoms with Gasteiger partial charge in [-0.15, -0.1) is 6.58 Å². The Labute approximate surface area is 237 Å². The van der Waals surface area contributed by atoms with Gasteiger partial charge in [-0.05, 0) is 25.5 Å². The van der Waals surface area contributed by atoms with Crippen LogP contribution in [0, 0.1) is 5.92 Å². The standard InChI is InChI=1S/C30H33N5O6/c1-4-19-16-30(19,28(37)40-5-2)33-27(36)25-14-21(17-35(25)29(38)34-31)41-26-15-23(18-9-7-6-8-10-18)32-24-13-20(39-3)11-12-22(24)26/h4,6-13,15,19,21,25H,1,5,14,16-17,31H2,2-3H3,(H,33,36)(H,34,38)/t19-,21-,25-,30+/m1/s1. The average Bonchev–Trinajstić information content (AvgIpc) is 3.55. The molecular formula is C30H33N5O6. The third-order valence-corrected chi connectivity index (χ3v) is 7.58. The zero-order valence-corrected chi connectivity index (χ0v) is 23.0. The zero-order valence-electron chi connectivity index (χ0n) is 23.0. The molecule has 1 aliphatic heterocycles. The number of hydrogen-bond acceptors (Lipinski definition) is 8. The number of rotatable bonds is 9. The van der Waals surface area contributed by atoms with Gasteiger partial charge in [-0.2, -0.15) is 0 Å². The maximum atomic E-state index is 13.5. The SMILES string of the molecule is C=C[C@@H]1C[C@@]1(NC(=O)[C@H]1C[C@@H](Oc2cc(-c3ccccc3)nc3cc(OC)ccc23)CN1C(=O)NN)C(=O)OCC. The lowest BCUT2D eigenvalue weighted by molar-refractivity contribution is -0.149. The first-order chi connectivity index (χ1) is 19.8. The molecule has 3 aromatic rings. The number of benzene rings is 2. The van der Waals surface area contributed by atoms with Crippen LogP contribution in [0.4, 0.5) is 4.79 Å². The van der Waals surface area contributed by atoms with E-state index in [0.29, 0.717) is 29.1 Å². The van der Waals surface area contributed by atoms with Crippen LogP contribution in [0.1, 0.15) is 19.8 Å². The molecule has 4 atom stereocenters. The number of amides is 3. The summed E-state index contributed by atoms with van der Waals surface area (Å²) in [6.45, 7) is 5.74. The van der Waals surface area contributed by atoms with Crippen LogP contribution in [0.15, 0.2) is 67.3 Å². The number of carbonyl (C=O) groups is 3. The number of pyridine rings is 1. The van der Waals surface area contributed by atoms with Crippen molar-refractivity contribution >= 4 is 28.8 Å². The summed E-state index contributed by atoms with van der Waals surface area (Å²) < 4.78 is 17.1. The Morgan fingerprint density at radius 3 is 2.63 bits per heavy atom. The van der Waals surface area contributed by atoms with E-state index in [1.54, 1.807) is 20.1 Å². The maximum absolute atomic E-state index is 13.5. The molecule has 2 fully saturated rings. The molecule has 2 heterocycles. The van der Waals surface area contributed by atoms with Crippen LogP contribution in [-0.2, 0) is 14.3 Å². The molecule has 214 valence electrons. The minimum atomic E-state index is -1.19. The van der Waals surface area contributed by atoms with Gasteiger partial charge in [0.15, 0.2) is 0 Å². The molecule has 1 saturated carbocycles. The van der Waals surface area contributed by atoms with Gasteiger partial charge in [0.2, 0.25) is 5.91 Å². The molecule has 4 N–H and O–H groups in total. The van der Waals surface area contributed by atoms with E-state index in [-0.39, 0.29) is 25.5 Å². The van der Waals surface area contributed by atoms with Crippen LogP contribution in [0.5, 0.6) is 11.5 Å². The molecule has 2 aliphatic rings. The second kappa shape index (κ2) is 11.5. The van der Waals surface area contributed by atoms with Gasteiger partial charge < -0.3 is 24.4 Å². The molecule has 1 saturated heterocycles. The molecule has 41 heavy (non-hydrogen) atoms. The first-order valence-electron chi connectivity index (χ1n) is 13.4. The number of methoxy groups -OCH3 is 1. The summed E-state index contributed by atoms with van der Waals surface area (Å²) in [7, 11) is 1.59. The number of esters is 1. The lowest BCUT2D eigenvalue weighted by Crippen LogP contribution is -2.55. The monoisotopic (exact) mass is 559 g/mol. The largest absolute Gasteiger partial charge is 0.497 e. The Morgan fingerprint density at radius 1 is 1.20 bits per heavy atom. The van der Waals surface area contributed by atoms with Crippen LogP contribution in [0.25, 0.3) is 22.2 Å². The number of fused-ring (bicyclic) bond motifs is 1. The first-order valence-corrected chi connectivity index (χ1v) is 13.4. The van der Waals surface area contributed by atoms with Crippen molar-refractivity contribution in [3.05, 3.63) is 67.3 Å². The Kier molecular flexibility index (Phi) is 7.80. The lowest BCUT2D eigenvalue weighted by atomic mass is 10.1. The molecule has 0 unspecified atom stereocenters. The lowest BCUT2D eigenvalue weighted by Gasteiger charge is -2.25. The molecular weight excluding hydrogens is 526 g/mol. The van der Waals surface area contributed by atoms with Gasteiger partial charge >= 0.3 is 12.0 Å². The number of carbonyl (C=O) groups excluding carboxylic acids is 3. The van der Waals surface area contributed by atoms with E-state index >= 15 is 0 Å². The molecule has 0 spiro atoms. The van der Waals surface area contributed by atoms with Crippen molar-refractivity contribution in [1.29, 1.82) is 0 Å². The van der Waals surface area contributed by atoms with Crippen LogP contribution < -0.4 is 26.1 Å². The number of nitrogens with zero attached hydrogens (tertiary/aromatic N) is 2. The van der Waals surface area contributed by atoms with E-state index in [9.17, 15) is 14.4 Å². The number of ether oxygens (including phenoxy) is 3. The quantitative estimate of drug-likeness (QED) is 0.119. The Hall–Kier alpha value is -4.64. The second-order valence-electron chi connectivity index (χ2n) is 10.1. The highest BCUT2D eigenvalue weighted by Gasteiger charge is 2.62. The highest BCUT2D eigenvalue weighted by atomic mass is 16.5. The van der Waals surface area contributed by atoms with Gasteiger partial charge in [0.25, 0.3) is 0 Å². The van der Waals surface area contributed by atoms with E-state index in [2.05, 4.69) is 17.3 Å². The highest BCUT2D eigenvalue weighted by molar-refractivity contribution is 5.95. The van der Waals surface area contributed by atoms with Crippen LogP contribution >= 0.6 is 0 Å². The number of nitrogens with one attached hydrogen (secondary N) is 2. The fourth-order valence-electron chi connectivity index (χ4n) is 5.34. The predicted molar refractivity (Wildman–Crippen MR) is 152 cm³/mol. The molecule has 11 heteroatoms. The van der Waals surface area contributed by atoms with E-state index in [4.69, 9.17) is 25.0 Å². The highest BCUT2D eigenvalue weighted by Crippen LogP contribution is 2.46. The molecule has 3 amide bonds. The number of hydrazine groups is 1. The molecule has 0 bridgehead atoms. The van der Waals surface area contributed by atoms with Gasteiger partial charge in [-0.3, -0.25) is 10.2 Å². The maximum Gasteiger partial charge on any atom is 0.332 e. The summed E-state index contributed by atoms with van der Waals surface area (Å²) in [4.78, 5) is 45.1. The van der Waals surface area contributed by atoms with Crippen molar-refractivity contribution in [3.63, 3.8) is 0 Å². The van der Waals surface area contributed by atoms with Crippen LogP contribution in [-0.4, -0.2) is 65.7 Å². The average molecular weight is 560 g/mol. The fourth-order valence-corrected chi connectivity index (χ4v) is 5.34. The van der Waals surface area contributed by atoms with Crippen molar-refractivity contribution in [1.82, 2.24) is 20.6 Å². The molecule has 5 rings (SSSR count). The van der Waals surface area contributed by atoms with Gasteiger partial charge in [-0.1, -0.05) is 36.4 Å². The third-order valence-electron chi connectivity index (χ3n) is 7.58. The van der Waals surface area contributed by atoms with Crippen molar-refractivity contribution in [2.45, 2.75) is 37.5 Å². The van der Waals surface area contributed by atoms with Crippen molar-refractivity contribution in [2.75, 3.05) is 20.3 Å². The van der Waals surface area contributed by atoms with Gasteiger partial charge in [0.1, 0.15) is 29.2 Å². The molecule has 1 aliphatic carbocycles. The predicted octanol–water partition coefficient (Wildman–Crippen LogP) is 2.94. The number of likely N-dealkylation sites (tertiary alicyclic amines) is 1. The van der Waals surface area contributed by atoms with Crippen molar-refractivity contribution < 1.29 is 28.6 Å². The first kappa shape index (κ1) is 27.9. The molecule has 1 aromatic heterocycles. The summed E-state index contributed by atoms with van der Waals surface area (Å²) in [5.74, 6) is 5.37. The molecule has 11 nitrogen and oxygen atoms in total. The van der Waals surface area contributed by atoms with E-state index < -0.39 is 35.6 Å². The van der Waals surface area contributed by atoms with Crippen molar-refractivity contribution in [2.24, 2.45) is 11.8 Å². The van der Waals surface area contributed by atoms with Gasteiger partial charge in [-0.25, -0.2) is 20.4 Å². The van der Waals surface area contributed by atoms with Gasteiger partial charge in [0, 0.05) is 35.4 Å². The molecule has 2 aromatic carbocycles. The Bertz CT molecular complexity index is 1480. The number of urea groups is 1. The van der Waals surface area contributed by atoms with Gasteiger partial charge in [0.05, 0.1) is 31.5 Å². The fraction of sp³-hybridized carbons (Fsp3) is 0.333. The Balaban J connectivity index is 1.43. The van der Waals surface area contributed by atoms with E-state index in [1.807, 2.05) is 54.6 Å². The number of hydrogen-bond donors (Lipinski definition) is 3. The minimum absolute atomic E-state index is 0.0963. The third kappa shape index (κ3) is 5.40. The number of aromatic nitrogens is 1.